The van der Waals surface area contributed by atoms with Crippen LogP contribution in [0.15, 0.2) is 67.5 Å². The summed E-state index contributed by atoms with van der Waals surface area (Å²) < 4.78 is 6.24. The van der Waals surface area contributed by atoms with Gasteiger partial charge in [0.05, 0.1) is 4.88 Å². The first-order valence-corrected chi connectivity index (χ1v) is 11.9. The predicted molar refractivity (Wildman–Crippen MR) is 138 cm³/mol. The molecule has 0 amide bonds. The summed E-state index contributed by atoms with van der Waals surface area (Å²) >= 11 is 1.48. The fourth-order valence-corrected chi connectivity index (χ4v) is 4.74. The first-order valence-electron chi connectivity index (χ1n) is 11.1. The lowest BCUT2D eigenvalue weighted by atomic mass is 10.1. The lowest BCUT2D eigenvalue weighted by Gasteiger charge is -2.29. The van der Waals surface area contributed by atoms with E-state index in [0.29, 0.717) is 5.13 Å². The SMILES string of the molecule is C=C(Nc1cc2cc(-c3cnc(N)s3)ccc2cn1)c1cccc(OC2CCN(C)CC2)c1. The van der Waals surface area contributed by atoms with E-state index in [0.717, 1.165) is 70.0 Å². The molecule has 1 fully saturated rings. The number of aromatic nitrogens is 2. The van der Waals surface area contributed by atoms with Crippen LogP contribution in [0.4, 0.5) is 10.9 Å². The summed E-state index contributed by atoms with van der Waals surface area (Å²) in [7, 11) is 2.16. The minimum atomic E-state index is 0.267. The van der Waals surface area contributed by atoms with Crippen LogP contribution in [0.5, 0.6) is 5.75 Å². The van der Waals surface area contributed by atoms with Gasteiger partial charge < -0.3 is 20.7 Å². The van der Waals surface area contributed by atoms with Gasteiger partial charge in [0.1, 0.15) is 17.7 Å². The van der Waals surface area contributed by atoms with Crippen molar-refractivity contribution in [3.8, 4) is 16.2 Å². The third-order valence-corrected chi connectivity index (χ3v) is 6.84. The van der Waals surface area contributed by atoms with Gasteiger partial charge in [-0.3, -0.25) is 0 Å². The van der Waals surface area contributed by atoms with Crippen molar-refractivity contribution in [2.45, 2.75) is 18.9 Å². The molecule has 4 aromatic rings. The molecule has 0 radical (unpaired) electrons. The van der Waals surface area contributed by atoms with Gasteiger partial charge in [-0.1, -0.05) is 42.2 Å². The summed E-state index contributed by atoms with van der Waals surface area (Å²) in [5, 5.41) is 6.08. The minimum absolute atomic E-state index is 0.267. The van der Waals surface area contributed by atoms with Gasteiger partial charge in [-0.15, -0.1) is 0 Å². The molecule has 1 saturated heterocycles. The second-order valence-corrected chi connectivity index (χ2v) is 9.51. The third kappa shape index (κ3) is 4.99. The summed E-state index contributed by atoms with van der Waals surface area (Å²) in [4.78, 5) is 12.1. The van der Waals surface area contributed by atoms with Crippen LogP contribution in [-0.2, 0) is 0 Å². The van der Waals surface area contributed by atoms with E-state index in [9.17, 15) is 0 Å². The number of nitrogen functional groups attached to an aromatic ring is 1. The highest BCUT2D eigenvalue weighted by Gasteiger charge is 2.18. The normalized spacial score (nSPS) is 14.9. The molecular weight excluding hydrogens is 430 g/mol. The first kappa shape index (κ1) is 21.4. The number of piperidine rings is 1. The lowest BCUT2D eigenvalue weighted by molar-refractivity contribution is 0.114. The molecule has 33 heavy (non-hydrogen) atoms. The molecule has 2 aromatic heterocycles. The second kappa shape index (κ2) is 9.21. The molecule has 5 rings (SSSR count). The van der Waals surface area contributed by atoms with Crippen molar-refractivity contribution in [1.82, 2.24) is 14.9 Å². The molecule has 3 heterocycles. The number of hydrogen-bond donors (Lipinski definition) is 2. The number of thiazole rings is 1. The number of benzene rings is 2. The van der Waals surface area contributed by atoms with E-state index in [4.69, 9.17) is 10.5 Å². The van der Waals surface area contributed by atoms with Gasteiger partial charge in [-0.25, -0.2) is 9.97 Å². The standard InChI is InChI=1S/C26H27N5OS/c1-17(18-4-3-5-23(13-18)32-22-8-10-31(2)11-9-22)30-25-14-21-12-19(6-7-20(21)15-28-25)24-16-29-26(27)33-24/h3-7,12-16,22H,1,8-11H2,2H3,(H2,27,29)(H,28,30). The van der Waals surface area contributed by atoms with Gasteiger partial charge in [0, 0.05) is 42.1 Å². The van der Waals surface area contributed by atoms with Crippen LogP contribution in [0.25, 0.3) is 26.9 Å². The second-order valence-electron chi connectivity index (χ2n) is 8.45. The quantitative estimate of drug-likeness (QED) is 0.398. The van der Waals surface area contributed by atoms with Crippen molar-refractivity contribution < 1.29 is 4.74 Å². The van der Waals surface area contributed by atoms with E-state index in [1.54, 1.807) is 0 Å². The maximum Gasteiger partial charge on any atom is 0.180 e. The number of pyridine rings is 1. The molecule has 6 nitrogen and oxygen atoms in total. The Morgan fingerprint density at radius 3 is 2.73 bits per heavy atom. The number of fused-ring (bicyclic) bond motifs is 1. The van der Waals surface area contributed by atoms with Crippen LogP contribution in [0, 0.1) is 0 Å². The number of nitrogens with zero attached hydrogens (tertiary/aromatic N) is 3. The molecular formula is C26H27N5OS. The number of anilines is 2. The van der Waals surface area contributed by atoms with Crippen LogP contribution >= 0.6 is 11.3 Å². The Morgan fingerprint density at radius 2 is 1.94 bits per heavy atom. The highest BCUT2D eigenvalue weighted by Crippen LogP contribution is 2.31. The van der Waals surface area contributed by atoms with Crippen LogP contribution in [0.2, 0.25) is 0 Å². The molecule has 0 atom stereocenters. The van der Waals surface area contributed by atoms with E-state index in [-0.39, 0.29) is 6.10 Å². The van der Waals surface area contributed by atoms with E-state index < -0.39 is 0 Å². The number of ether oxygens (including phenoxy) is 1. The zero-order chi connectivity index (χ0) is 22.8. The fraction of sp³-hybridized carbons (Fsp3) is 0.231. The smallest absolute Gasteiger partial charge is 0.180 e. The highest BCUT2D eigenvalue weighted by atomic mass is 32.1. The van der Waals surface area contributed by atoms with Gasteiger partial charge in [0.25, 0.3) is 0 Å². The van der Waals surface area contributed by atoms with Crippen molar-refractivity contribution in [2.75, 3.05) is 31.2 Å². The summed E-state index contributed by atoms with van der Waals surface area (Å²) in [5.74, 6) is 1.63. The predicted octanol–water partition coefficient (Wildman–Crippen LogP) is 5.50. The Balaban J connectivity index is 1.31. The van der Waals surface area contributed by atoms with Crippen molar-refractivity contribution in [3.63, 3.8) is 0 Å². The van der Waals surface area contributed by atoms with Crippen molar-refractivity contribution in [3.05, 3.63) is 73.1 Å². The molecule has 0 bridgehead atoms. The molecule has 3 N–H and O–H groups in total. The topological polar surface area (TPSA) is 76.3 Å². The Morgan fingerprint density at radius 1 is 1.09 bits per heavy atom. The average Bonchev–Trinajstić information content (AvgIpc) is 3.26. The molecule has 168 valence electrons. The number of likely N-dealkylation sites (tertiary alicyclic amines) is 1. The summed E-state index contributed by atoms with van der Waals surface area (Å²) in [5.41, 5.74) is 8.65. The number of nitrogens with one attached hydrogen (secondary N) is 1. The molecule has 0 saturated carbocycles. The highest BCUT2D eigenvalue weighted by molar-refractivity contribution is 7.18. The van der Waals surface area contributed by atoms with E-state index in [2.05, 4.69) is 52.0 Å². The molecule has 1 aliphatic rings. The van der Waals surface area contributed by atoms with Gasteiger partial charge in [-0.2, -0.15) is 0 Å². The van der Waals surface area contributed by atoms with Crippen LogP contribution in [-0.4, -0.2) is 41.1 Å². The largest absolute Gasteiger partial charge is 0.490 e. The van der Waals surface area contributed by atoms with Gasteiger partial charge in [0.15, 0.2) is 5.13 Å². The van der Waals surface area contributed by atoms with Crippen LogP contribution < -0.4 is 15.8 Å². The van der Waals surface area contributed by atoms with Gasteiger partial charge in [-0.05, 0) is 55.1 Å². The molecule has 0 spiro atoms. The zero-order valence-corrected chi connectivity index (χ0v) is 19.4. The van der Waals surface area contributed by atoms with Crippen molar-refractivity contribution >= 4 is 38.8 Å². The number of hydrogen-bond acceptors (Lipinski definition) is 7. The summed E-state index contributed by atoms with van der Waals surface area (Å²) in [6.07, 6.45) is 6.05. The Kier molecular flexibility index (Phi) is 5.98. The maximum absolute atomic E-state index is 6.24. The Hall–Kier alpha value is -3.42. The molecule has 7 heteroatoms. The molecule has 1 aliphatic heterocycles. The van der Waals surface area contributed by atoms with E-state index >= 15 is 0 Å². The Labute approximate surface area is 197 Å². The Bertz CT molecular complexity index is 1290. The number of rotatable bonds is 6. The fourth-order valence-electron chi connectivity index (χ4n) is 4.06. The number of nitrogens with two attached hydrogens (primary N) is 1. The van der Waals surface area contributed by atoms with Crippen LogP contribution in [0.1, 0.15) is 18.4 Å². The zero-order valence-electron chi connectivity index (χ0n) is 18.6. The monoisotopic (exact) mass is 457 g/mol. The van der Waals surface area contributed by atoms with Crippen molar-refractivity contribution in [1.29, 1.82) is 0 Å². The lowest BCUT2D eigenvalue weighted by Crippen LogP contribution is -2.35. The third-order valence-electron chi connectivity index (χ3n) is 5.96. The average molecular weight is 458 g/mol. The van der Waals surface area contributed by atoms with Gasteiger partial charge in [0.2, 0.25) is 0 Å². The van der Waals surface area contributed by atoms with Gasteiger partial charge >= 0.3 is 0 Å². The molecule has 0 unspecified atom stereocenters. The van der Waals surface area contributed by atoms with Crippen LogP contribution in [0.3, 0.4) is 0 Å². The molecule has 2 aromatic carbocycles. The maximum atomic E-state index is 6.24. The minimum Gasteiger partial charge on any atom is -0.490 e. The molecule has 0 aliphatic carbocycles. The summed E-state index contributed by atoms with van der Waals surface area (Å²) in [6.45, 7) is 6.38. The summed E-state index contributed by atoms with van der Waals surface area (Å²) in [6, 6.07) is 16.4. The van der Waals surface area contributed by atoms with E-state index in [1.807, 2.05) is 42.7 Å². The van der Waals surface area contributed by atoms with E-state index in [1.165, 1.54) is 11.3 Å². The van der Waals surface area contributed by atoms with Crippen molar-refractivity contribution in [2.24, 2.45) is 0 Å². The first-order chi connectivity index (χ1) is 16.0.